The highest BCUT2D eigenvalue weighted by Crippen LogP contribution is 2.33. The Morgan fingerprint density at radius 3 is 2.39 bits per heavy atom. The molecule has 0 radical (unpaired) electrons. The van der Waals surface area contributed by atoms with Gasteiger partial charge in [-0.2, -0.15) is 0 Å². The highest BCUT2D eigenvalue weighted by Gasteiger charge is 2.36. The number of para-hydroxylation sites is 1. The molecule has 240 valence electrons. The summed E-state index contributed by atoms with van der Waals surface area (Å²) < 4.78 is 44.5. The van der Waals surface area contributed by atoms with Gasteiger partial charge in [-0.05, 0) is 57.0 Å². The number of hydrogen-bond acceptors (Lipinski definition) is 8. The maximum Gasteiger partial charge on any atom is 0.414 e. The molecular formula is C32H44N4O7S. The lowest BCUT2D eigenvalue weighted by atomic mass is 10.00. The van der Waals surface area contributed by atoms with Crippen LogP contribution in [0.15, 0.2) is 42.5 Å². The van der Waals surface area contributed by atoms with E-state index in [2.05, 4.69) is 4.90 Å². The van der Waals surface area contributed by atoms with Crippen LogP contribution in [0, 0.1) is 0 Å². The van der Waals surface area contributed by atoms with Crippen molar-refractivity contribution in [1.29, 1.82) is 0 Å². The molecular weight excluding hydrogens is 584 g/mol. The van der Waals surface area contributed by atoms with Crippen LogP contribution in [-0.4, -0.2) is 105 Å². The normalized spacial score (nSPS) is 18.7. The molecule has 2 aromatic carbocycles. The average Bonchev–Trinajstić information content (AvgIpc) is 3.05. The zero-order valence-corrected chi connectivity index (χ0v) is 26.8. The van der Waals surface area contributed by atoms with Crippen LogP contribution in [0.2, 0.25) is 0 Å². The molecule has 11 nitrogen and oxygen atoms in total. The number of fused-ring (bicyclic) bond motifs is 1. The van der Waals surface area contributed by atoms with Crippen molar-refractivity contribution in [2.24, 2.45) is 0 Å². The Balaban J connectivity index is 1.15. The van der Waals surface area contributed by atoms with Crippen LogP contribution in [-0.2, 0) is 21.4 Å². The number of hydrogen-bond donors (Lipinski definition) is 0. The van der Waals surface area contributed by atoms with Gasteiger partial charge in [0, 0.05) is 50.4 Å². The number of rotatable bonds is 11. The van der Waals surface area contributed by atoms with E-state index in [0.29, 0.717) is 75.5 Å². The number of sulfonamides is 1. The quantitative estimate of drug-likeness (QED) is 0.368. The fourth-order valence-electron chi connectivity index (χ4n) is 6.27. The molecule has 5 rings (SSSR count). The molecule has 0 unspecified atom stereocenters. The van der Waals surface area contributed by atoms with E-state index in [1.54, 1.807) is 32.3 Å². The zero-order chi connectivity index (χ0) is 31.3. The van der Waals surface area contributed by atoms with E-state index in [-0.39, 0.29) is 36.5 Å². The van der Waals surface area contributed by atoms with Crippen molar-refractivity contribution >= 4 is 27.7 Å². The lowest BCUT2D eigenvalue weighted by molar-refractivity contribution is 0.0705. The van der Waals surface area contributed by atoms with E-state index in [4.69, 9.17) is 14.2 Å². The number of piperidine rings is 2. The first-order chi connectivity index (χ1) is 21.2. The minimum atomic E-state index is -3.31. The molecule has 2 fully saturated rings. The largest absolute Gasteiger partial charge is 0.496 e. The molecule has 12 heteroatoms. The van der Waals surface area contributed by atoms with Gasteiger partial charge in [-0.15, -0.1) is 0 Å². The number of amides is 2. The summed E-state index contributed by atoms with van der Waals surface area (Å²) in [7, 11) is -1.78. The van der Waals surface area contributed by atoms with Crippen molar-refractivity contribution in [3.05, 3.63) is 53.6 Å². The summed E-state index contributed by atoms with van der Waals surface area (Å²) in [6, 6.07) is 13.0. The standard InChI is InChI=1S/C32H44N4O7S/c1-4-33(5-2)20-21-44(39,40)35-18-14-26(15-19-35)43-27-10-11-28(30(22-27)41-3)31(37)34-16-12-25(13-17-34)36-29-9-7-6-8-24(29)23-42-32(36)38/h6-11,22,25-26H,4-5,12-21,23H2,1-3H3. The Bertz CT molecular complexity index is 1420. The summed E-state index contributed by atoms with van der Waals surface area (Å²) in [5, 5.41) is 0. The van der Waals surface area contributed by atoms with Gasteiger partial charge in [0.2, 0.25) is 10.0 Å². The van der Waals surface area contributed by atoms with E-state index in [1.807, 2.05) is 38.1 Å². The van der Waals surface area contributed by atoms with E-state index >= 15 is 0 Å². The fraction of sp³-hybridized carbons (Fsp3) is 0.562. The maximum atomic E-state index is 13.5. The number of nitrogens with zero attached hydrogens (tertiary/aromatic N) is 4. The summed E-state index contributed by atoms with van der Waals surface area (Å²) in [4.78, 5) is 31.8. The van der Waals surface area contributed by atoms with Gasteiger partial charge in [0.25, 0.3) is 5.91 Å². The Morgan fingerprint density at radius 1 is 1.00 bits per heavy atom. The van der Waals surface area contributed by atoms with Gasteiger partial charge in [0.05, 0.1) is 24.1 Å². The van der Waals surface area contributed by atoms with Gasteiger partial charge >= 0.3 is 6.09 Å². The Labute approximate surface area is 260 Å². The molecule has 0 aliphatic carbocycles. The summed E-state index contributed by atoms with van der Waals surface area (Å²) in [5.74, 6) is 1.02. The molecule has 3 heterocycles. The third-order valence-electron chi connectivity index (χ3n) is 8.98. The summed E-state index contributed by atoms with van der Waals surface area (Å²) in [6.45, 7) is 8.42. The molecule has 2 aromatic rings. The number of anilines is 1. The molecule has 2 amide bonds. The lowest BCUT2D eigenvalue weighted by Gasteiger charge is -2.40. The molecule has 44 heavy (non-hydrogen) atoms. The number of carbonyl (C=O) groups excluding carboxylic acids is 2. The van der Waals surface area contributed by atoms with Crippen molar-refractivity contribution in [1.82, 2.24) is 14.1 Å². The molecule has 0 atom stereocenters. The first kappa shape index (κ1) is 32.1. The summed E-state index contributed by atoms with van der Waals surface area (Å²) in [5.41, 5.74) is 2.32. The highest BCUT2D eigenvalue weighted by atomic mass is 32.2. The number of benzene rings is 2. The molecule has 0 N–H and O–H groups in total. The van der Waals surface area contributed by atoms with Crippen molar-refractivity contribution in [2.75, 3.05) is 63.6 Å². The van der Waals surface area contributed by atoms with Crippen LogP contribution >= 0.6 is 0 Å². The van der Waals surface area contributed by atoms with E-state index in [9.17, 15) is 18.0 Å². The third-order valence-corrected chi connectivity index (χ3v) is 10.8. The smallest absolute Gasteiger partial charge is 0.414 e. The van der Waals surface area contributed by atoms with Gasteiger partial charge in [0.15, 0.2) is 0 Å². The average molecular weight is 629 g/mol. The highest BCUT2D eigenvalue weighted by molar-refractivity contribution is 7.89. The van der Waals surface area contributed by atoms with Gasteiger partial charge in [-0.25, -0.2) is 17.5 Å². The second kappa shape index (κ2) is 14.2. The van der Waals surface area contributed by atoms with Crippen molar-refractivity contribution in [3.8, 4) is 11.5 Å². The van der Waals surface area contributed by atoms with Crippen LogP contribution in [0.4, 0.5) is 10.5 Å². The van der Waals surface area contributed by atoms with Crippen LogP contribution in [0.5, 0.6) is 11.5 Å². The number of cyclic esters (lactones) is 1. The van der Waals surface area contributed by atoms with Crippen LogP contribution in [0.3, 0.4) is 0 Å². The maximum absolute atomic E-state index is 13.5. The first-order valence-electron chi connectivity index (χ1n) is 15.6. The minimum absolute atomic E-state index is 0.0468. The number of methoxy groups -OCH3 is 1. The first-order valence-corrected chi connectivity index (χ1v) is 17.2. The minimum Gasteiger partial charge on any atom is -0.496 e. The second-order valence-electron chi connectivity index (χ2n) is 11.5. The van der Waals surface area contributed by atoms with E-state index in [1.165, 1.54) is 7.11 Å². The third kappa shape index (κ3) is 7.13. The topological polar surface area (TPSA) is 109 Å². The molecule has 3 aliphatic rings. The summed E-state index contributed by atoms with van der Waals surface area (Å²) >= 11 is 0. The predicted molar refractivity (Wildman–Crippen MR) is 168 cm³/mol. The van der Waals surface area contributed by atoms with Crippen LogP contribution < -0.4 is 14.4 Å². The Kier molecular flexibility index (Phi) is 10.3. The van der Waals surface area contributed by atoms with E-state index in [0.717, 1.165) is 24.3 Å². The van der Waals surface area contributed by atoms with Gasteiger partial charge in [-0.3, -0.25) is 9.69 Å². The van der Waals surface area contributed by atoms with Crippen molar-refractivity contribution < 1.29 is 32.2 Å². The fourth-order valence-corrected chi connectivity index (χ4v) is 7.79. The second-order valence-corrected chi connectivity index (χ2v) is 13.6. The van der Waals surface area contributed by atoms with Crippen molar-refractivity contribution in [3.63, 3.8) is 0 Å². The zero-order valence-electron chi connectivity index (χ0n) is 25.9. The van der Waals surface area contributed by atoms with Gasteiger partial charge < -0.3 is 24.0 Å². The Morgan fingerprint density at radius 2 is 1.70 bits per heavy atom. The lowest BCUT2D eigenvalue weighted by Crippen LogP contribution is -2.50. The van der Waals surface area contributed by atoms with Gasteiger partial charge in [0.1, 0.15) is 24.2 Å². The number of likely N-dealkylation sites (tertiary alicyclic amines) is 1. The monoisotopic (exact) mass is 628 g/mol. The molecule has 0 bridgehead atoms. The van der Waals surface area contributed by atoms with Crippen LogP contribution in [0.25, 0.3) is 0 Å². The SMILES string of the molecule is CCN(CC)CCS(=O)(=O)N1CCC(Oc2ccc(C(=O)N3CCC(N4C(=O)OCc5ccccc54)CC3)c(OC)c2)CC1. The number of carbonyl (C=O) groups is 2. The van der Waals surface area contributed by atoms with Crippen LogP contribution in [0.1, 0.15) is 55.5 Å². The number of ether oxygens (including phenoxy) is 3. The van der Waals surface area contributed by atoms with Gasteiger partial charge in [-0.1, -0.05) is 32.0 Å². The molecule has 0 saturated carbocycles. The molecule has 3 aliphatic heterocycles. The molecule has 0 spiro atoms. The van der Waals surface area contributed by atoms with E-state index < -0.39 is 10.0 Å². The summed E-state index contributed by atoms with van der Waals surface area (Å²) in [6.07, 6.45) is 2.01. The molecule has 2 saturated heterocycles. The molecule has 0 aromatic heterocycles. The predicted octanol–water partition coefficient (Wildman–Crippen LogP) is 3.97. The van der Waals surface area contributed by atoms with Crippen molar-refractivity contribution in [2.45, 2.75) is 58.3 Å². The Hall–Kier alpha value is -3.35.